The van der Waals surface area contributed by atoms with Gasteiger partial charge in [0, 0.05) is 12.6 Å². The predicted octanol–water partition coefficient (Wildman–Crippen LogP) is 1.67. The molecule has 2 aromatic rings. The van der Waals surface area contributed by atoms with Crippen molar-refractivity contribution in [3.8, 4) is 0 Å². The molecule has 0 saturated carbocycles. The molecule has 0 spiro atoms. The van der Waals surface area contributed by atoms with Gasteiger partial charge in [-0.3, -0.25) is 0 Å². The maximum Gasteiger partial charge on any atom is 0.162 e. The minimum Gasteiger partial charge on any atom is -0.235 e. The zero-order valence-corrected chi connectivity index (χ0v) is 8.91. The van der Waals surface area contributed by atoms with E-state index in [4.69, 9.17) is 0 Å². The van der Waals surface area contributed by atoms with Gasteiger partial charge in [-0.1, -0.05) is 18.2 Å². The van der Waals surface area contributed by atoms with Crippen LogP contribution in [0.15, 0.2) is 42.6 Å². The fourth-order valence-corrected chi connectivity index (χ4v) is 1.50. The van der Waals surface area contributed by atoms with E-state index < -0.39 is 5.03 Å². The van der Waals surface area contributed by atoms with Crippen molar-refractivity contribution in [2.45, 2.75) is 6.42 Å². The highest BCUT2D eigenvalue weighted by molar-refractivity contribution is 5.50. The third-order valence-electron chi connectivity index (χ3n) is 2.23. The fraction of sp³-hybridized carbons (Fsp3) is 0.0909. The molecule has 1 heterocycles. The second kappa shape index (κ2) is 5.02. The third-order valence-corrected chi connectivity index (χ3v) is 2.23. The standard InChI is InChI=1S/C11H10N4O2/c16-15(17)14-11-6-2-1-4-9(11)8-10-5-3-7-12-13-10/h1-7,14H,8H2. The molecule has 0 radical (unpaired) electrons. The van der Waals surface area contributed by atoms with Crippen molar-refractivity contribution in [1.29, 1.82) is 0 Å². The first-order valence-corrected chi connectivity index (χ1v) is 5.01. The molecular formula is C11H10N4O2. The molecule has 0 amide bonds. The van der Waals surface area contributed by atoms with Crippen LogP contribution in [0.4, 0.5) is 5.69 Å². The largest absolute Gasteiger partial charge is 0.235 e. The molecule has 0 fully saturated rings. The number of hydrazine groups is 1. The first kappa shape index (κ1) is 11.0. The monoisotopic (exact) mass is 230 g/mol. The Balaban J connectivity index is 2.23. The maximum atomic E-state index is 10.4. The Hall–Kier alpha value is -2.50. The molecule has 1 aromatic heterocycles. The summed E-state index contributed by atoms with van der Waals surface area (Å²) in [6, 6.07) is 10.7. The van der Waals surface area contributed by atoms with Gasteiger partial charge in [0.05, 0.1) is 5.69 Å². The van der Waals surface area contributed by atoms with Crippen molar-refractivity contribution >= 4 is 5.69 Å². The minimum atomic E-state index is -0.574. The fourth-order valence-electron chi connectivity index (χ4n) is 1.50. The average molecular weight is 230 g/mol. The minimum absolute atomic E-state index is 0.475. The number of aromatic nitrogens is 2. The van der Waals surface area contributed by atoms with Crippen molar-refractivity contribution in [1.82, 2.24) is 10.2 Å². The van der Waals surface area contributed by atoms with Crippen LogP contribution in [0, 0.1) is 10.1 Å². The van der Waals surface area contributed by atoms with Crippen molar-refractivity contribution in [2.75, 3.05) is 5.43 Å². The van der Waals surface area contributed by atoms with E-state index in [9.17, 15) is 10.1 Å². The molecule has 17 heavy (non-hydrogen) atoms. The lowest BCUT2D eigenvalue weighted by Gasteiger charge is -2.05. The lowest BCUT2D eigenvalue weighted by atomic mass is 10.1. The van der Waals surface area contributed by atoms with E-state index in [0.717, 1.165) is 11.3 Å². The summed E-state index contributed by atoms with van der Waals surface area (Å²) in [6.45, 7) is 0. The first-order chi connectivity index (χ1) is 8.25. The van der Waals surface area contributed by atoms with E-state index in [1.165, 1.54) is 0 Å². The SMILES string of the molecule is O=[N+]([O-])Nc1ccccc1Cc1cccnn1. The summed E-state index contributed by atoms with van der Waals surface area (Å²) in [4.78, 5) is 10.4. The number of rotatable bonds is 4. The Morgan fingerprint density at radius 3 is 2.76 bits per heavy atom. The van der Waals surface area contributed by atoms with Crippen LogP contribution >= 0.6 is 0 Å². The quantitative estimate of drug-likeness (QED) is 0.638. The maximum absolute atomic E-state index is 10.4. The zero-order chi connectivity index (χ0) is 12.1. The summed E-state index contributed by atoms with van der Waals surface area (Å²) in [5.41, 5.74) is 4.22. The molecule has 0 saturated heterocycles. The number of hydrogen-bond donors (Lipinski definition) is 1. The first-order valence-electron chi connectivity index (χ1n) is 5.01. The van der Waals surface area contributed by atoms with Crippen LogP contribution in [0.2, 0.25) is 0 Å². The Labute approximate surface area is 97.4 Å². The lowest BCUT2D eigenvalue weighted by molar-refractivity contribution is -0.445. The Morgan fingerprint density at radius 1 is 1.24 bits per heavy atom. The summed E-state index contributed by atoms with van der Waals surface area (Å²) in [5, 5.41) is 17.6. The lowest BCUT2D eigenvalue weighted by Crippen LogP contribution is -2.10. The molecular weight excluding hydrogens is 220 g/mol. The van der Waals surface area contributed by atoms with E-state index in [2.05, 4.69) is 15.6 Å². The van der Waals surface area contributed by atoms with Gasteiger partial charge >= 0.3 is 0 Å². The Bertz CT molecular complexity index is 516. The summed E-state index contributed by atoms with van der Waals surface area (Å²) in [6.07, 6.45) is 2.09. The van der Waals surface area contributed by atoms with E-state index in [0.29, 0.717) is 12.1 Å². The molecule has 0 aliphatic carbocycles. The Morgan fingerprint density at radius 2 is 2.06 bits per heavy atom. The summed E-state index contributed by atoms with van der Waals surface area (Å²) < 4.78 is 0. The van der Waals surface area contributed by atoms with Crippen molar-refractivity contribution < 1.29 is 5.03 Å². The van der Waals surface area contributed by atoms with Crippen LogP contribution in [-0.2, 0) is 6.42 Å². The van der Waals surface area contributed by atoms with Gasteiger partial charge in [-0.2, -0.15) is 10.2 Å². The van der Waals surface area contributed by atoms with Crippen LogP contribution in [0.1, 0.15) is 11.3 Å². The molecule has 6 nitrogen and oxygen atoms in total. The number of hydrogen-bond acceptors (Lipinski definition) is 4. The number of anilines is 1. The van der Waals surface area contributed by atoms with Crippen LogP contribution in [0.25, 0.3) is 0 Å². The smallest absolute Gasteiger partial charge is 0.162 e. The van der Waals surface area contributed by atoms with Crippen LogP contribution in [-0.4, -0.2) is 15.2 Å². The third kappa shape index (κ3) is 2.97. The molecule has 0 atom stereocenters. The van der Waals surface area contributed by atoms with Gasteiger partial charge in [0.25, 0.3) is 0 Å². The number of nitrogens with zero attached hydrogens (tertiary/aromatic N) is 3. The van der Waals surface area contributed by atoms with Crippen LogP contribution < -0.4 is 5.43 Å². The van der Waals surface area contributed by atoms with Gasteiger partial charge in [0.1, 0.15) is 5.69 Å². The van der Waals surface area contributed by atoms with E-state index in [1.54, 1.807) is 24.4 Å². The molecule has 0 aliphatic heterocycles. The number of nitrogens with one attached hydrogen (secondary N) is 1. The topological polar surface area (TPSA) is 81.0 Å². The second-order valence-corrected chi connectivity index (χ2v) is 3.42. The Kier molecular flexibility index (Phi) is 3.25. The molecule has 86 valence electrons. The van der Waals surface area contributed by atoms with Crippen LogP contribution in [0.5, 0.6) is 0 Å². The van der Waals surface area contributed by atoms with Gasteiger partial charge < -0.3 is 0 Å². The molecule has 1 aromatic carbocycles. The molecule has 1 N–H and O–H groups in total. The number of nitro groups is 1. The van der Waals surface area contributed by atoms with E-state index in [1.807, 2.05) is 18.2 Å². The molecule has 0 unspecified atom stereocenters. The van der Waals surface area contributed by atoms with Gasteiger partial charge in [0.15, 0.2) is 5.03 Å². The highest BCUT2D eigenvalue weighted by Gasteiger charge is 2.07. The zero-order valence-electron chi connectivity index (χ0n) is 8.91. The van der Waals surface area contributed by atoms with E-state index in [-0.39, 0.29) is 0 Å². The van der Waals surface area contributed by atoms with Gasteiger partial charge in [-0.25, -0.2) is 10.1 Å². The average Bonchev–Trinajstić information content (AvgIpc) is 2.32. The summed E-state index contributed by atoms with van der Waals surface area (Å²) in [5.74, 6) is 0. The second-order valence-electron chi connectivity index (χ2n) is 3.42. The molecule has 0 aliphatic rings. The molecule has 2 rings (SSSR count). The van der Waals surface area contributed by atoms with E-state index >= 15 is 0 Å². The van der Waals surface area contributed by atoms with Crippen molar-refractivity contribution in [3.63, 3.8) is 0 Å². The number of para-hydroxylation sites is 1. The highest BCUT2D eigenvalue weighted by atomic mass is 16.7. The summed E-state index contributed by atoms with van der Waals surface area (Å²) >= 11 is 0. The van der Waals surface area contributed by atoms with Gasteiger partial charge in [-0.05, 0) is 23.8 Å². The van der Waals surface area contributed by atoms with Gasteiger partial charge in [0.2, 0.25) is 0 Å². The highest BCUT2D eigenvalue weighted by Crippen LogP contribution is 2.17. The van der Waals surface area contributed by atoms with Crippen molar-refractivity contribution in [3.05, 3.63) is 64.0 Å². The normalized spacial score (nSPS) is 9.88. The van der Waals surface area contributed by atoms with Crippen molar-refractivity contribution in [2.24, 2.45) is 0 Å². The number of benzene rings is 1. The van der Waals surface area contributed by atoms with Gasteiger partial charge in [-0.15, -0.1) is 5.43 Å². The molecule has 0 bridgehead atoms. The summed E-state index contributed by atoms with van der Waals surface area (Å²) in [7, 11) is 0. The molecule has 6 heteroatoms. The predicted molar refractivity (Wildman–Crippen MR) is 61.9 cm³/mol. The van der Waals surface area contributed by atoms with Crippen LogP contribution in [0.3, 0.4) is 0 Å².